The first kappa shape index (κ1) is 25.2. The van der Waals surface area contributed by atoms with Crippen molar-refractivity contribution in [3.05, 3.63) is 95.4 Å². The maximum absolute atomic E-state index is 13.3. The fourth-order valence-corrected chi connectivity index (χ4v) is 4.89. The number of hydrogen-bond donors (Lipinski definition) is 2. The molecule has 2 N–H and O–H groups in total. The number of halogens is 4. The standard InChI is InChI=1S/C25H20F4N2O4S/c26-19-5-1-16(2-6-19)13-17-15-31(12-11-24(32)33)23-10-7-20(14-22(17)23)30-36(34,35)21-8-3-18(4-9-21)25(27,28)29/h1-10,14-15,30H,11-13H2,(H,32,33). The third-order valence-electron chi connectivity index (χ3n) is 5.58. The molecule has 3 aromatic carbocycles. The van der Waals surface area contributed by atoms with Crippen molar-refractivity contribution < 1.29 is 35.9 Å². The summed E-state index contributed by atoms with van der Waals surface area (Å²) in [7, 11) is -4.18. The second-order valence-corrected chi connectivity index (χ2v) is 9.84. The Bertz CT molecular complexity index is 1510. The van der Waals surface area contributed by atoms with E-state index in [-0.39, 0.29) is 29.4 Å². The van der Waals surface area contributed by atoms with Gasteiger partial charge in [-0.25, -0.2) is 12.8 Å². The van der Waals surface area contributed by atoms with E-state index in [4.69, 9.17) is 5.11 Å². The lowest BCUT2D eigenvalue weighted by Gasteiger charge is -2.11. The molecule has 0 spiro atoms. The number of alkyl halides is 3. The minimum atomic E-state index is -4.59. The van der Waals surface area contributed by atoms with E-state index < -0.39 is 27.7 Å². The van der Waals surface area contributed by atoms with Crippen LogP contribution in [0.5, 0.6) is 0 Å². The van der Waals surface area contributed by atoms with Crippen molar-refractivity contribution in [2.24, 2.45) is 0 Å². The number of rotatable bonds is 8. The number of carboxylic acids is 1. The Morgan fingerprint density at radius 3 is 2.25 bits per heavy atom. The molecule has 0 fully saturated rings. The van der Waals surface area contributed by atoms with Crippen LogP contribution in [0.2, 0.25) is 0 Å². The summed E-state index contributed by atoms with van der Waals surface area (Å²) in [5.74, 6) is -1.36. The minimum absolute atomic E-state index is 0.123. The fraction of sp³-hybridized carbons (Fsp3) is 0.160. The molecule has 0 amide bonds. The van der Waals surface area contributed by atoms with Crippen LogP contribution in [0.4, 0.5) is 23.2 Å². The highest BCUT2D eigenvalue weighted by Crippen LogP contribution is 2.31. The number of carbonyl (C=O) groups is 1. The van der Waals surface area contributed by atoms with E-state index in [1.807, 2.05) is 0 Å². The lowest BCUT2D eigenvalue weighted by atomic mass is 10.0. The average Bonchev–Trinajstić information content (AvgIpc) is 3.15. The second kappa shape index (κ2) is 9.65. The number of nitrogens with one attached hydrogen (secondary N) is 1. The molecule has 6 nitrogen and oxygen atoms in total. The van der Waals surface area contributed by atoms with Crippen LogP contribution < -0.4 is 4.72 Å². The summed E-state index contributed by atoms with van der Waals surface area (Å²) in [4.78, 5) is 10.7. The summed E-state index contributed by atoms with van der Waals surface area (Å²) in [5, 5.41) is 9.72. The fourth-order valence-electron chi connectivity index (χ4n) is 3.84. The van der Waals surface area contributed by atoms with Gasteiger partial charge < -0.3 is 9.67 Å². The Morgan fingerprint density at radius 2 is 1.64 bits per heavy atom. The maximum atomic E-state index is 13.3. The zero-order chi connectivity index (χ0) is 26.1. The Kier molecular flexibility index (Phi) is 6.77. The van der Waals surface area contributed by atoms with Crippen molar-refractivity contribution >= 4 is 32.6 Å². The molecule has 36 heavy (non-hydrogen) atoms. The summed E-state index contributed by atoms with van der Waals surface area (Å²) in [6.07, 6.45) is -2.56. The van der Waals surface area contributed by atoms with Gasteiger partial charge in [0, 0.05) is 29.3 Å². The molecular formula is C25H20F4N2O4S. The number of fused-ring (bicyclic) bond motifs is 1. The molecule has 1 aromatic heterocycles. The van der Waals surface area contributed by atoms with Gasteiger partial charge in [0.25, 0.3) is 10.0 Å². The van der Waals surface area contributed by atoms with Crippen molar-refractivity contribution in [3.63, 3.8) is 0 Å². The zero-order valence-electron chi connectivity index (χ0n) is 18.6. The van der Waals surface area contributed by atoms with Gasteiger partial charge in [-0.15, -0.1) is 0 Å². The summed E-state index contributed by atoms with van der Waals surface area (Å²) in [6, 6.07) is 13.7. The first-order chi connectivity index (χ1) is 16.9. The average molecular weight is 521 g/mol. The Labute approximate surface area is 203 Å². The molecule has 11 heteroatoms. The molecule has 4 aromatic rings. The molecule has 4 rings (SSSR count). The molecule has 0 radical (unpaired) electrons. The zero-order valence-corrected chi connectivity index (χ0v) is 19.4. The van der Waals surface area contributed by atoms with Crippen molar-refractivity contribution in [3.8, 4) is 0 Å². The highest BCUT2D eigenvalue weighted by atomic mass is 32.2. The Hall–Kier alpha value is -3.86. The van der Waals surface area contributed by atoms with Gasteiger partial charge in [0.2, 0.25) is 0 Å². The summed E-state index contributed by atoms with van der Waals surface area (Å²) in [5.41, 5.74) is 1.45. The normalized spacial score (nSPS) is 12.1. The molecule has 0 aliphatic carbocycles. The second-order valence-electron chi connectivity index (χ2n) is 8.15. The van der Waals surface area contributed by atoms with Crippen LogP contribution in [0.15, 0.2) is 77.8 Å². The van der Waals surface area contributed by atoms with E-state index in [1.165, 1.54) is 18.2 Å². The summed E-state index contributed by atoms with van der Waals surface area (Å²) >= 11 is 0. The van der Waals surface area contributed by atoms with Crippen molar-refractivity contribution in [1.29, 1.82) is 0 Å². The molecule has 0 aliphatic rings. The number of nitrogens with zero attached hydrogens (tertiary/aromatic N) is 1. The lowest BCUT2D eigenvalue weighted by molar-refractivity contribution is -0.138. The number of benzene rings is 3. The maximum Gasteiger partial charge on any atom is 0.416 e. The van der Waals surface area contributed by atoms with Crippen molar-refractivity contribution in [1.82, 2.24) is 4.57 Å². The van der Waals surface area contributed by atoms with Crippen LogP contribution in [0, 0.1) is 5.82 Å². The topological polar surface area (TPSA) is 88.4 Å². The highest BCUT2D eigenvalue weighted by Gasteiger charge is 2.30. The first-order valence-electron chi connectivity index (χ1n) is 10.7. The lowest BCUT2D eigenvalue weighted by Crippen LogP contribution is -2.13. The molecule has 188 valence electrons. The number of anilines is 1. The number of aryl methyl sites for hydroxylation is 1. The monoisotopic (exact) mass is 520 g/mol. The predicted octanol–water partition coefficient (Wildman–Crippen LogP) is 5.67. The Morgan fingerprint density at radius 1 is 0.972 bits per heavy atom. The quantitative estimate of drug-likeness (QED) is 0.293. The van der Waals surface area contributed by atoms with Gasteiger partial charge in [0.05, 0.1) is 16.9 Å². The first-order valence-corrected chi connectivity index (χ1v) is 12.2. The van der Waals surface area contributed by atoms with E-state index in [0.29, 0.717) is 29.5 Å². The van der Waals surface area contributed by atoms with Gasteiger partial charge in [-0.2, -0.15) is 13.2 Å². The predicted molar refractivity (Wildman–Crippen MR) is 126 cm³/mol. The third-order valence-corrected chi connectivity index (χ3v) is 6.98. The van der Waals surface area contributed by atoms with Crippen LogP contribution in [-0.2, 0) is 34.0 Å². The van der Waals surface area contributed by atoms with E-state index >= 15 is 0 Å². The van der Waals surface area contributed by atoms with Gasteiger partial charge in [-0.3, -0.25) is 9.52 Å². The minimum Gasteiger partial charge on any atom is -0.481 e. The van der Waals surface area contributed by atoms with E-state index in [0.717, 1.165) is 23.3 Å². The van der Waals surface area contributed by atoms with Crippen LogP contribution >= 0.6 is 0 Å². The van der Waals surface area contributed by atoms with Gasteiger partial charge in [-0.1, -0.05) is 12.1 Å². The van der Waals surface area contributed by atoms with Crippen LogP contribution in [0.3, 0.4) is 0 Å². The van der Waals surface area contributed by atoms with Gasteiger partial charge in [0.1, 0.15) is 5.82 Å². The summed E-state index contributed by atoms with van der Waals surface area (Å²) < 4.78 is 81.4. The molecule has 1 heterocycles. The molecule has 0 aliphatic heterocycles. The smallest absolute Gasteiger partial charge is 0.416 e. The number of sulfonamides is 1. The number of aromatic nitrogens is 1. The van der Waals surface area contributed by atoms with Crippen molar-refractivity contribution in [2.75, 3.05) is 4.72 Å². The molecule has 0 saturated carbocycles. The number of carboxylic acid groups (broad SMARTS) is 1. The highest BCUT2D eigenvalue weighted by molar-refractivity contribution is 7.92. The molecule has 0 saturated heterocycles. The van der Waals surface area contributed by atoms with Crippen molar-refractivity contribution in [2.45, 2.75) is 30.5 Å². The van der Waals surface area contributed by atoms with Crippen LogP contribution in [-0.4, -0.2) is 24.1 Å². The van der Waals surface area contributed by atoms with E-state index in [9.17, 15) is 30.8 Å². The number of hydrogen-bond acceptors (Lipinski definition) is 3. The van der Waals surface area contributed by atoms with Gasteiger partial charge in [0.15, 0.2) is 0 Å². The van der Waals surface area contributed by atoms with Crippen LogP contribution in [0.1, 0.15) is 23.1 Å². The summed E-state index contributed by atoms with van der Waals surface area (Å²) in [6.45, 7) is 0.186. The van der Waals surface area contributed by atoms with Gasteiger partial charge in [-0.05, 0) is 72.1 Å². The largest absolute Gasteiger partial charge is 0.481 e. The Balaban J connectivity index is 1.68. The third kappa shape index (κ3) is 5.68. The van der Waals surface area contributed by atoms with E-state index in [2.05, 4.69) is 4.72 Å². The molecular weight excluding hydrogens is 500 g/mol. The number of aliphatic carboxylic acids is 1. The molecule has 0 bridgehead atoms. The van der Waals surface area contributed by atoms with Gasteiger partial charge >= 0.3 is 12.1 Å². The molecule has 0 atom stereocenters. The molecule has 0 unspecified atom stereocenters. The van der Waals surface area contributed by atoms with Crippen LogP contribution in [0.25, 0.3) is 10.9 Å². The SMILES string of the molecule is O=C(O)CCn1cc(Cc2ccc(F)cc2)c2cc(NS(=O)(=O)c3ccc(C(F)(F)F)cc3)ccc21. The van der Waals surface area contributed by atoms with E-state index in [1.54, 1.807) is 35.0 Å².